The van der Waals surface area contributed by atoms with Gasteiger partial charge in [0.25, 0.3) is 5.91 Å². The molecule has 32 heavy (non-hydrogen) atoms. The van der Waals surface area contributed by atoms with E-state index in [9.17, 15) is 9.59 Å². The van der Waals surface area contributed by atoms with Crippen LogP contribution in [0.25, 0.3) is 0 Å². The molecule has 5 rings (SSSR count). The minimum absolute atomic E-state index is 0.0633. The molecule has 3 aromatic carbocycles. The Bertz CT molecular complexity index is 1220. The van der Waals surface area contributed by atoms with Crippen molar-refractivity contribution in [3.05, 3.63) is 101 Å². The van der Waals surface area contributed by atoms with E-state index in [2.05, 4.69) is 5.32 Å². The number of allylic oxidation sites excluding steroid dienone is 1. The van der Waals surface area contributed by atoms with Gasteiger partial charge in [-0.2, -0.15) is 0 Å². The second-order valence-corrected chi connectivity index (χ2v) is 8.00. The van der Waals surface area contributed by atoms with Crippen molar-refractivity contribution < 1.29 is 14.3 Å². The second kappa shape index (κ2) is 8.35. The highest BCUT2D eigenvalue weighted by Gasteiger charge is 2.40. The number of rotatable bonds is 3. The van der Waals surface area contributed by atoms with E-state index in [4.69, 9.17) is 4.74 Å². The van der Waals surface area contributed by atoms with Crippen molar-refractivity contribution in [2.24, 2.45) is 0 Å². The maximum Gasteiger partial charge on any atom is 0.259 e. The van der Waals surface area contributed by atoms with Crippen LogP contribution in [0, 0.1) is 0 Å². The van der Waals surface area contributed by atoms with E-state index >= 15 is 0 Å². The second-order valence-electron chi connectivity index (χ2n) is 8.00. The van der Waals surface area contributed by atoms with Gasteiger partial charge in [0.2, 0.25) is 0 Å². The number of fused-ring (bicyclic) bond motifs is 1. The standard InChI is InChI=1S/C27H24N2O3/c1-32-24-17-8-5-12-19(24)26-25-21(14-9-16-23(25)30)28-20-13-6-7-15-22(20)29(26)27(31)18-10-3-2-4-11-18/h2-8,10-13,15,17,26,28H,9,14,16H2,1H3/t26-/m1/s1. The number of hydrogen-bond donors (Lipinski definition) is 1. The molecule has 160 valence electrons. The first-order chi connectivity index (χ1) is 15.7. The third-order valence-electron chi connectivity index (χ3n) is 6.11. The summed E-state index contributed by atoms with van der Waals surface area (Å²) in [7, 11) is 1.61. The number of nitrogens with one attached hydrogen (secondary N) is 1. The highest BCUT2D eigenvalue weighted by molar-refractivity contribution is 6.12. The number of carbonyl (C=O) groups excluding carboxylic acids is 2. The Kier molecular flexibility index (Phi) is 5.23. The summed E-state index contributed by atoms with van der Waals surface area (Å²) in [5.74, 6) is 0.546. The molecule has 1 N–H and O–H groups in total. The Morgan fingerprint density at radius 2 is 1.66 bits per heavy atom. The molecule has 5 heteroatoms. The number of para-hydroxylation sites is 3. The van der Waals surface area contributed by atoms with Gasteiger partial charge >= 0.3 is 0 Å². The summed E-state index contributed by atoms with van der Waals surface area (Å²) in [4.78, 5) is 29.1. The first-order valence-electron chi connectivity index (χ1n) is 10.8. The fourth-order valence-electron chi connectivity index (χ4n) is 4.66. The van der Waals surface area contributed by atoms with Gasteiger partial charge in [-0.15, -0.1) is 0 Å². The summed E-state index contributed by atoms with van der Waals surface area (Å²) in [6.45, 7) is 0. The monoisotopic (exact) mass is 424 g/mol. The van der Waals surface area contributed by atoms with Crippen LogP contribution in [0.15, 0.2) is 90.1 Å². The number of Topliss-reactive ketones (excluding diaryl/α,β-unsaturated/α-hetero) is 1. The van der Waals surface area contributed by atoms with Crippen LogP contribution in [0.1, 0.15) is 41.2 Å². The van der Waals surface area contributed by atoms with E-state index in [1.165, 1.54) is 0 Å². The Morgan fingerprint density at radius 1 is 0.938 bits per heavy atom. The predicted molar refractivity (Wildman–Crippen MR) is 125 cm³/mol. The van der Waals surface area contributed by atoms with Crippen molar-refractivity contribution in [1.29, 1.82) is 0 Å². The third kappa shape index (κ3) is 3.36. The lowest BCUT2D eigenvalue weighted by atomic mass is 9.85. The first-order valence-corrected chi connectivity index (χ1v) is 10.8. The lowest BCUT2D eigenvalue weighted by Gasteiger charge is -2.34. The minimum atomic E-state index is -0.599. The number of methoxy groups -OCH3 is 1. The van der Waals surface area contributed by atoms with E-state index < -0.39 is 6.04 Å². The van der Waals surface area contributed by atoms with Crippen LogP contribution in [0.2, 0.25) is 0 Å². The van der Waals surface area contributed by atoms with Gasteiger partial charge in [0.05, 0.1) is 24.5 Å². The molecule has 0 bridgehead atoms. The van der Waals surface area contributed by atoms with Crippen molar-refractivity contribution in [3.8, 4) is 5.75 Å². The largest absolute Gasteiger partial charge is 0.496 e. The van der Waals surface area contributed by atoms with Crippen molar-refractivity contribution in [2.45, 2.75) is 25.3 Å². The molecule has 3 aromatic rings. The third-order valence-corrected chi connectivity index (χ3v) is 6.11. The Hall–Kier alpha value is -3.86. The zero-order valence-corrected chi connectivity index (χ0v) is 17.9. The summed E-state index contributed by atoms with van der Waals surface area (Å²) in [5.41, 5.74) is 4.43. The number of benzene rings is 3. The topological polar surface area (TPSA) is 58.6 Å². The maximum absolute atomic E-state index is 14.0. The minimum Gasteiger partial charge on any atom is -0.496 e. The van der Waals surface area contributed by atoms with Gasteiger partial charge in [0.1, 0.15) is 5.75 Å². The molecule has 0 spiro atoms. The quantitative estimate of drug-likeness (QED) is 0.602. The molecule has 5 nitrogen and oxygen atoms in total. The van der Waals surface area contributed by atoms with Crippen LogP contribution in [-0.2, 0) is 4.79 Å². The summed E-state index contributed by atoms with van der Waals surface area (Å²) < 4.78 is 5.68. The summed E-state index contributed by atoms with van der Waals surface area (Å²) in [6.07, 6.45) is 2.02. The molecule has 1 aliphatic carbocycles. The van der Waals surface area contributed by atoms with Crippen molar-refractivity contribution in [1.82, 2.24) is 0 Å². The highest BCUT2D eigenvalue weighted by Crippen LogP contribution is 2.47. The van der Waals surface area contributed by atoms with Crippen molar-refractivity contribution in [3.63, 3.8) is 0 Å². The van der Waals surface area contributed by atoms with Gasteiger partial charge < -0.3 is 10.1 Å². The molecule has 0 aromatic heterocycles. The number of amides is 1. The molecular formula is C27H24N2O3. The smallest absolute Gasteiger partial charge is 0.259 e. The van der Waals surface area contributed by atoms with E-state index in [-0.39, 0.29) is 11.7 Å². The lowest BCUT2D eigenvalue weighted by Crippen LogP contribution is -2.38. The molecule has 2 aliphatic rings. The predicted octanol–water partition coefficient (Wildman–Crippen LogP) is 5.52. The Morgan fingerprint density at radius 3 is 2.47 bits per heavy atom. The fourth-order valence-corrected chi connectivity index (χ4v) is 4.66. The van der Waals surface area contributed by atoms with Crippen molar-refractivity contribution in [2.75, 3.05) is 17.3 Å². The van der Waals surface area contributed by atoms with Crippen LogP contribution < -0.4 is 15.0 Å². The molecule has 1 heterocycles. The number of carbonyl (C=O) groups is 2. The van der Waals surface area contributed by atoms with E-state index in [1.807, 2.05) is 66.7 Å². The maximum atomic E-state index is 14.0. The molecule has 0 fully saturated rings. The van der Waals surface area contributed by atoms with E-state index in [1.54, 1.807) is 24.1 Å². The normalized spacial score (nSPS) is 17.7. The van der Waals surface area contributed by atoms with Gasteiger partial charge in [-0.1, -0.05) is 48.5 Å². The van der Waals surface area contributed by atoms with E-state index in [0.29, 0.717) is 23.3 Å². The fraction of sp³-hybridized carbons (Fsp3) is 0.185. The molecule has 0 saturated carbocycles. The zero-order chi connectivity index (χ0) is 22.1. The lowest BCUT2D eigenvalue weighted by molar-refractivity contribution is -0.116. The average Bonchev–Trinajstić information content (AvgIpc) is 2.99. The van der Waals surface area contributed by atoms with Gasteiger partial charge in [0, 0.05) is 28.8 Å². The molecule has 1 amide bonds. The molecule has 0 radical (unpaired) electrons. The summed E-state index contributed by atoms with van der Waals surface area (Å²) in [5, 5.41) is 3.49. The van der Waals surface area contributed by atoms with Crippen molar-refractivity contribution >= 4 is 23.1 Å². The number of ether oxygens (including phenoxy) is 1. The summed E-state index contributed by atoms with van der Waals surface area (Å²) >= 11 is 0. The van der Waals surface area contributed by atoms with Gasteiger partial charge in [-0.05, 0) is 43.2 Å². The number of ketones is 1. The molecule has 0 unspecified atom stereocenters. The van der Waals surface area contributed by atoms with Crippen LogP contribution >= 0.6 is 0 Å². The van der Waals surface area contributed by atoms with Crippen LogP contribution in [0.5, 0.6) is 5.75 Å². The number of nitrogens with zero attached hydrogens (tertiary/aromatic N) is 1. The molecule has 0 saturated heterocycles. The Balaban J connectivity index is 1.81. The molecular weight excluding hydrogens is 400 g/mol. The molecule has 1 aliphatic heterocycles. The summed E-state index contributed by atoms with van der Waals surface area (Å²) in [6, 6.07) is 24.0. The Labute approximate surface area is 187 Å². The van der Waals surface area contributed by atoms with E-state index in [0.717, 1.165) is 35.5 Å². The highest BCUT2D eigenvalue weighted by atomic mass is 16.5. The van der Waals surface area contributed by atoms with Crippen LogP contribution in [0.4, 0.5) is 11.4 Å². The molecule has 1 atom stereocenters. The van der Waals surface area contributed by atoms with Crippen LogP contribution in [-0.4, -0.2) is 18.8 Å². The SMILES string of the molecule is COc1ccccc1[C@@H]1C2=C(CCCC2=O)Nc2ccccc2N1C(=O)c1ccccc1. The average molecular weight is 425 g/mol. The van der Waals surface area contributed by atoms with Gasteiger partial charge in [-0.3, -0.25) is 14.5 Å². The number of hydrogen-bond acceptors (Lipinski definition) is 4. The first kappa shape index (κ1) is 20.1. The number of anilines is 2. The zero-order valence-electron chi connectivity index (χ0n) is 17.9. The van der Waals surface area contributed by atoms with Crippen LogP contribution in [0.3, 0.4) is 0 Å². The van der Waals surface area contributed by atoms with Gasteiger partial charge in [0.15, 0.2) is 5.78 Å². The van der Waals surface area contributed by atoms with Gasteiger partial charge in [-0.25, -0.2) is 0 Å².